The second-order valence-corrected chi connectivity index (χ2v) is 5.18. The highest BCUT2D eigenvalue weighted by Gasteiger charge is 2.04. The molecule has 20 heavy (non-hydrogen) atoms. The zero-order valence-electron chi connectivity index (χ0n) is 11.3. The molecular formula is C16H16ClN3. The molecule has 3 aromatic rings. The van der Waals surface area contributed by atoms with E-state index in [1.54, 1.807) is 0 Å². The molecule has 0 saturated heterocycles. The lowest BCUT2D eigenvalue weighted by molar-refractivity contribution is 0.976. The molecule has 0 spiro atoms. The minimum absolute atomic E-state index is 0.739. The number of halogens is 1. The van der Waals surface area contributed by atoms with Crippen LogP contribution in [0.25, 0.3) is 16.9 Å². The van der Waals surface area contributed by atoms with Crippen molar-refractivity contribution in [1.29, 1.82) is 0 Å². The monoisotopic (exact) mass is 285 g/mol. The van der Waals surface area contributed by atoms with Crippen LogP contribution in [0.1, 0.15) is 13.3 Å². The summed E-state index contributed by atoms with van der Waals surface area (Å²) >= 11 is 5.91. The van der Waals surface area contributed by atoms with E-state index < -0.39 is 0 Å². The number of rotatable bonds is 4. The molecule has 2 aromatic heterocycles. The predicted octanol–water partition coefficient (Wildman–Crippen LogP) is 4.48. The van der Waals surface area contributed by atoms with Gasteiger partial charge < -0.3 is 9.72 Å². The largest absolute Gasteiger partial charge is 0.384 e. The van der Waals surface area contributed by atoms with E-state index >= 15 is 0 Å². The summed E-state index contributed by atoms with van der Waals surface area (Å²) in [6.45, 7) is 3.13. The van der Waals surface area contributed by atoms with Crippen molar-refractivity contribution in [3.05, 3.63) is 53.8 Å². The van der Waals surface area contributed by atoms with Crippen LogP contribution in [0.15, 0.2) is 48.8 Å². The fourth-order valence-corrected chi connectivity index (χ4v) is 2.25. The number of benzene rings is 1. The molecule has 1 aromatic carbocycles. The van der Waals surface area contributed by atoms with Gasteiger partial charge in [0.25, 0.3) is 0 Å². The van der Waals surface area contributed by atoms with Crippen molar-refractivity contribution in [2.45, 2.75) is 13.3 Å². The van der Waals surface area contributed by atoms with Gasteiger partial charge in [0.15, 0.2) is 0 Å². The van der Waals surface area contributed by atoms with Gasteiger partial charge in [-0.25, -0.2) is 4.98 Å². The van der Waals surface area contributed by atoms with Gasteiger partial charge in [0.1, 0.15) is 5.65 Å². The number of nitrogens with zero attached hydrogens (tertiary/aromatic N) is 2. The Morgan fingerprint density at radius 1 is 1.10 bits per heavy atom. The van der Waals surface area contributed by atoms with E-state index in [0.29, 0.717) is 0 Å². The third-order valence-corrected chi connectivity index (χ3v) is 3.42. The second-order valence-electron chi connectivity index (χ2n) is 4.74. The number of hydrogen-bond donors (Lipinski definition) is 1. The topological polar surface area (TPSA) is 29.3 Å². The lowest BCUT2D eigenvalue weighted by atomic mass is 10.2. The van der Waals surface area contributed by atoms with Crippen molar-refractivity contribution in [3.8, 4) is 11.3 Å². The normalized spacial score (nSPS) is 10.9. The van der Waals surface area contributed by atoms with Crippen LogP contribution in [0, 0.1) is 0 Å². The molecule has 0 unspecified atom stereocenters. The number of aromatic nitrogens is 2. The summed E-state index contributed by atoms with van der Waals surface area (Å²) in [5.41, 5.74) is 4.08. The molecule has 0 fully saturated rings. The standard InChI is InChI=1S/C16H16ClN3/c1-2-9-18-14-7-8-16-19-15(11-20(16)10-14)12-3-5-13(17)6-4-12/h3-8,10-11,18H,2,9H2,1H3. The van der Waals surface area contributed by atoms with Gasteiger partial charge in [0.2, 0.25) is 0 Å². The first-order chi connectivity index (χ1) is 9.76. The number of imidazole rings is 1. The molecule has 0 aliphatic rings. The third-order valence-electron chi connectivity index (χ3n) is 3.17. The van der Waals surface area contributed by atoms with E-state index in [1.165, 1.54) is 0 Å². The summed E-state index contributed by atoms with van der Waals surface area (Å²) in [7, 11) is 0. The summed E-state index contributed by atoms with van der Waals surface area (Å²) in [6, 6.07) is 11.8. The first-order valence-corrected chi connectivity index (χ1v) is 7.12. The van der Waals surface area contributed by atoms with Gasteiger partial charge in [-0.05, 0) is 30.7 Å². The number of pyridine rings is 1. The lowest BCUT2D eigenvalue weighted by Gasteiger charge is -2.04. The maximum atomic E-state index is 5.91. The van der Waals surface area contributed by atoms with E-state index in [2.05, 4.69) is 29.5 Å². The maximum absolute atomic E-state index is 5.91. The highest BCUT2D eigenvalue weighted by Crippen LogP contribution is 2.22. The van der Waals surface area contributed by atoms with Gasteiger partial charge in [0.05, 0.1) is 11.4 Å². The Balaban J connectivity index is 1.95. The first kappa shape index (κ1) is 13.0. The van der Waals surface area contributed by atoms with Crippen molar-refractivity contribution in [3.63, 3.8) is 0 Å². The third kappa shape index (κ3) is 2.63. The molecule has 3 rings (SSSR count). The molecule has 0 saturated carbocycles. The van der Waals surface area contributed by atoms with Crippen LogP contribution in [0.2, 0.25) is 5.02 Å². The van der Waals surface area contributed by atoms with Gasteiger partial charge in [-0.3, -0.25) is 0 Å². The Bertz CT molecular complexity index is 716. The van der Waals surface area contributed by atoms with Crippen LogP contribution in [-0.2, 0) is 0 Å². The molecule has 0 atom stereocenters. The molecule has 0 aliphatic carbocycles. The van der Waals surface area contributed by atoms with Crippen molar-refractivity contribution in [2.24, 2.45) is 0 Å². The Morgan fingerprint density at radius 2 is 1.90 bits per heavy atom. The molecule has 1 N–H and O–H groups in total. The summed E-state index contributed by atoms with van der Waals surface area (Å²) in [5, 5.41) is 4.12. The van der Waals surface area contributed by atoms with E-state index in [0.717, 1.165) is 40.6 Å². The molecule has 0 radical (unpaired) electrons. The van der Waals surface area contributed by atoms with Gasteiger partial charge in [0, 0.05) is 29.5 Å². The smallest absolute Gasteiger partial charge is 0.137 e. The average Bonchev–Trinajstić information content (AvgIpc) is 2.89. The van der Waals surface area contributed by atoms with Crippen molar-refractivity contribution < 1.29 is 0 Å². The van der Waals surface area contributed by atoms with Crippen LogP contribution in [-0.4, -0.2) is 15.9 Å². The van der Waals surface area contributed by atoms with E-state index in [9.17, 15) is 0 Å². The average molecular weight is 286 g/mol. The van der Waals surface area contributed by atoms with E-state index in [1.807, 2.05) is 40.9 Å². The summed E-state index contributed by atoms with van der Waals surface area (Å²) in [4.78, 5) is 4.63. The van der Waals surface area contributed by atoms with Crippen LogP contribution < -0.4 is 5.32 Å². The molecule has 0 aliphatic heterocycles. The zero-order valence-corrected chi connectivity index (χ0v) is 12.1. The Morgan fingerprint density at radius 3 is 2.65 bits per heavy atom. The van der Waals surface area contributed by atoms with Crippen LogP contribution in [0.3, 0.4) is 0 Å². The number of hydrogen-bond acceptors (Lipinski definition) is 2. The Kier molecular flexibility index (Phi) is 3.61. The van der Waals surface area contributed by atoms with Gasteiger partial charge >= 0.3 is 0 Å². The van der Waals surface area contributed by atoms with Crippen molar-refractivity contribution >= 4 is 22.9 Å². The highest BCUT2D eigenvalue weighted by molar-refractivity contribution is 6.30. The molecule has 3 nitrogen and oxygen atoms in total. The molecule has 0 amide bonds. The van der Waals surface area contributed by atoms with E-state index in [-0.39, 0.29) is 0 Å². The lowest BCUT2D eigenvalue weighted by Crippen LogP contribution is -2.00. The van der Waals surface area contributed by atoms with Gasteiger partial charge in [-0.15, -0.1) is 0 Å². The fourth-order valence-electron chi connectivity index (χ4n) is 2.13. The number of anilines is 1. The quantitative estimate of drug-likeness (QED) is 0.766. The molecule has 2 heterocycles. The summed E-state index contributed by atoms with van der Waals surface area (Å²) in [6.07, 6.45) is 5.21. The molecular weight excluding hydrogens is 270 g/mol. The number of nitrogens with one attached hydrogen (secondary N) is 1. The van der Waals surface area contributed by atoms with Crippen molar-refractivity contribution in [1.82, 2.24) is 9.38 Å². The minimum atomic E-state index is 0.739. The van der Waals surface area contributed by atoms with Crippen LogP contribution in [0.4, 0.5) is 5.69 Å². The van der Waals surface area contributed by atoms with Crippen LogP contribution in [0.5, 0.6) is 0 Å². The summed E-state index contributed by atoms with van der Waals surface area (Å²) < 4.78 is 2.04. The van der Waals surface area contributed by atoms with E-state index in [4.69, 9.17) is 11.6 Å². The van der Waals surface area contributed by atoms with Gasteiger partial charge in [-0.2, -0.15) is 0 Å². The Labute approximate surface area is 123 Å². The Hall–Kier alpha value is -2.00. The van der Waals surface area contributed by atoms with Crippen molar-refractivity contribution in [2.75, 3.05) is 11.9 Å². The SMILES string of the molecule is CCCNc1ccc2nc(-c3ccc(Cl)cc3)cn2c1. The highest BCUT2D eigenvalue weighted by atomic mass is 35.5. The fraction of sp³-hybridized carbons (Fsp3) is 0.188. The molecule has 4 heteroatoms. The maximum Gasteiger partial charge on any atom is 0.137 e. The number of fused-ring (bicyclic) bond motifs is 1. The first-order valence-electron chi connectivity index (χ1n) is 6.75. The zero-order chi connectivity index (χ0) is 13.9. The minimum Gasteiger partial charge on any atom is -0.384 e. The molecule has 102 valence electrons. The second kappa shape index (κ2) is 5.55. The predicted molar refractivity (Wildman–Crippen MR) is 84.4 cm³/mol. The van der Waals surface area contributed by atoms with Crippen LogP contribution >= 0.6 is 11.6 Å². The summed E-state index contributed by atoms with van der Waals surface area (Å²) in [5.74, 6) is 0. The molecule has 0 bridgehead atoms. The van der Waals surface area contributed by atoms with Gasteiger partial charge in [-0.1, -0.05) is 30.7 Å².